The average molecular weight is 305 g/mol. The molecule has 0 radical (unpaired) electrons. The summed E-state index contributed by atoms with van der Waals surface area (Å²) in [6.07, 6.45) is 5.97. The van der Waals surface area contributed by atoms with Crippen LogP contribution in [0.25, 0.3) is 0 Å². The summed E-state index contributed by atoms with van der Waals surface area (Å²) in [6, 6.07) is 0. The van der Waals surface area contributed by atoms with Crippen molar-refractivity contribution >= 4 is 5.91 Å². The van der Waals surface area contributed by atoms with E-state index in [-0.39, 0.29) is 5.92 Å². The average Bonchev–Trinajstić information content (AvgIpc) is 3.13. The van der Waals surface area contributed by atoms with E-state index >= 15 is 0 Å². The standard InChI is InChI=1S/C16H23N3O3/c20-16(13-4-7-21-8-5-13)19-6-3-11(10-19)9-14-17-15(22-18-14)12-1-2-12/h11-13H,1-10H2. The van der Waals surface area contributed by atoms with Crippen LogP contribution in [-0.4, -0.2) is 47.3 Å². The number of aromatic nitrogens is 2. The molecule has 120 valence electrons. The van der Waals surface area contributed by atoms with Crippen molar-refractivity contribution in [3.63, 3.8) is 0 Å². The molecule has 3 heterocycles. The van der Waals surface area contributed by atoms with E-state index in [0.717, 1.165) is 63.7 Å². The minimum atomic E-state index is 0.166. The van der Waals surface area contributed by atoms with Gasteiger partial charge >= 0.3 is 0 Å². The molecule has 3 fully saturated rings. The normalized spacial score (nSPS) is 26.5. The number of hydrogen-bond acceptors (Lipinski definition) is 5. The summed E-state index contributed by atoms with van der Waals surface area (Å²) in [4.78, 5) is 19.0. The molecule has 2 aliphatic heterocycles. The fraction of sp³-hybridized carbons (Fsp3) is 0.812. The lowest BCUT2D eigenvalue weighted by atomic mass is 9.99. The van der Waals surface area contributed by atoms with E-state index in [9.17, 15) is 4.79 Å². The lowest BCUT2D eigenvalue weighted by molar-refractivity contribution is -0.137. The maximum absolute atomic E-state index is 12.5. The van der Waals surface area contributed by atoms with Crippen molar-refractivity contribution < 1.29 is 14.1 Å². The molecule has 4 rings (SSSR count). The summed E-state index contributed by atoms with van der Waals surface area (Å²) in [5.41, 5.74) is 0. The van der Waals surface area contributed by atoms with Gasteiger partial charge in [-0.25, -0.2) is 0 Å². The fourth-order valence-corrected chi connectivity index (χ4v) is 3.51. The van der Waals surface area contributed by atoms with Gasteiger partial charge in [-0.1, -0.05) is 5.16 Å². The van der Waals surface area contributed by atoms with Gasteiger partial charge in [0, 0.05) is 44.6 Å². The molecule has 1 atom stereocenters. The first-order valence-electron chi connectivity index (χ1n) is 8.48. The monoisotopic (exact) mass is 305 g/mol. The number of carbonyl (C=O) groups is 1. The van der Waals surface area contributed by atoms with E-state index in [1.165, 1.54) is 12.8 Å². The van der Waals surface area contributed by atoms with Crippen molar-refractivity contribution in [2.45, 2.75) is 44.4 Å². The third-order valence-electron chi connectivity index (χ3n) is 5.05. The highest BCUT2D eigenvalue weighted by molar-refractivity contribution is 5.79. The van der Waals surface area contributed by atoms with Crippen molar-refractivity contribution in [1.82, 2.24) is 15.0 Å². The molecule has 0 bridgehead atoms. The Morgan fingerprint density at radius 3 is 2.77 bits per heavy atom. The molecule has 22 heavy (non-hydrogen) atoms. The Labute approximate surface area is 130 Å². The second-order valence-corrected chi connectivity index (χ2v) is 6.85. The molecule has 1 aromatic rings. The first-order chi connectivity index (χ1) is 10.8. The highest BCUT2D eigenvalue weighted by Gasteiger charge is 2.33. The smallest absolute Gasteiger partial charge is 0.229 e. The van der Waals surface area contributed by atoms with Crippen LogP contribution in [0.15, 0.2) is 4.52 Å². The van der Waals surface area contributed by atoms with Crippen LogP contribution in [0.5, 0.6) is 0 Å². The van der Waals surface area contributed by atoms with Crippen LogP contribution in [0.4, 0.5) is 0 Å². The summed E-state index contributed by atoms with van der Waals surface area (Å²) in [7, 11) is 0. The quantitative estimate of drug-likeness (QED) is 0.848. The van der Waals surface area contributed by atoms with E-state index in [0.29, 0.717) is 17.7 Å². The molecular weight excluding hydrogens is 282 g/mol. The van der Waals surface area contributed by atoms with Gasteiger partial charge in [-0.05, 0) is 38.0 Å². The zero-order chi connectivity index (χ0) is 14.9. The van der Waals surface area contributed by atoms with Crippen LogP contribution in [0.1, 0.15) is 49.7 Å². The molecule has 1 aromatic heterocycles. The zero-order valence-electron chi connectivity index (χ0n) is 12.9. The topological polar surface area (TPSA) is 68.5 Å². The van der Waals surface area contributed by atoms with Crippen LogP contribution in [-0.2, 0) is 16.0 Å². The molecule has 2 saturated heterocycles. The molecular formula is C16H23N3O3. The summed E-state index contributed by atoms with van der Waals surface area (Å²) in [6.45, 7) is 3.15. The summed E-state index contributed by atoms with van der Waals surface area (Å²) in [5, 5.41) is 4.09. The van der Waals surface area contributed by atoms with Gasteiger partial charge in [0.25, 0.3) is 0 Å². The Bertz CT molecular complexity index is 534. The Balaban J connectivity index is 1.30. The van der Waals surface area contributed by atoms with Crippen molar-refractivity contribution in [3.8, 4) is 0 Å². The lowest BCUT2D eigenvalue weighted by Gasteiger charge is -2.26. The zero-order valence-corrected chi connectivity index (χ0v) is 12.9. The number of nitrogens with zero attached hydrogens (tertiary/aromatic N) is 3. The first kappa shape index (κ1) is 14.2. The molecule has 0 aromatic carbocycles. The molecule has 3 aliphatic rings. The third kappa shape index (κ3) is 3.02. The van der Waals surface area contributed by atoms with Crippen molar-refractivity contribution in [2.75, 3.05) is 26.3 Å². The Morgan fingerprint density at radius 2 is 2.00 bits per heavy atom. The van der Waals surface area contributed by atoms with Gasteiger partial charge in [0.1, 0.15) is 0 Å². The summed E-state index contributed by atoms with van der Waals surface area (Å²) in [5.74, 6) is 3.08. The molecule has 1 amide bonds. The number of amides is 1. The van der Waals surface area contributed by atoms with Gasteiger partial charge in [-0.15, -0.1) is 0 Å². The van der Waals surface area contributed by atoms with Gasteiger partial charge < -0.3 is 14.2 Å². The minimum absolute atomic E-state index is 0.166. The molecule has 1 saturated carbocycles. The van der Waals surface area contributed by atoms with E-state index in [2.05, 4.69) is 10.1 Å². The van der Waals surface area contributed by atoms with Crippen LogP contribution < -0.4 is 0 Å². The van der Waals surface area contributed by atoms with Gasteiger partial charge in [-0.2, -0.15) is 4.98 Å². The molecule has 6 nitrogen and oxygen atoms in total. The second kappa shape index (κ2) is 5.99. The van der Waals surface area contributed by atoms with Gasteiger partial charge in [0.05, 0.1) is 0 Å². The SMILES string of the molecule is O=C(C1CCOCC1)N1CCC(Cc2noc(C3CC3)n2)C1. The Hall–Kier alpha value is -1.43. The van der Waals surface area contributed by atoms with Crippen molar-refractivity contribution in [3.05, 3.63) is 11.7 Å². The number of rotatable bonds is 4. The van der Waals surface area contributed by atoms with Crippen molar-refractivity contribution in [1.29, 1.82) is 0 Å². The minimum Gasteiger partial charge on any atom is -0.381 e. The van der Waals surface area contributed by atoms with E-state index in [1.54, 1.807) is 0 Å². The number of hydrogen-bond donors (Lipinski definition) is 0. The molecule has 1 unspecified atom stereocenters. The van der Waals surface area contributed by atoms with Crippen LogP contribution in [0.3, 0.4) is 0 Å². The van der Waals surface area contributed by atoms with Gasteiger partial charge in [-0.3, -0.25) is 4.79 Å². The Kier molecular flexibility index (Phi) is 3.86. The summed E-state index contributed by atoms with van der Waals surface area (Å²) < 4.78 is 10.7. The number of likely N-dealkylation sites (tertiary alicyclic amines) is 1. The lowest BCUT2D eigenvalue weighted by Crippen LogP contribution is -2.37. The van der Waals surface area contributed by atoms with Gasteiger partial charge in [0.2, 0.25) is 11.8 Å². The highest BCUT2D eigenvalue weighted by Crippen LogP contribution is 2.39. The predicted molar refractivity (Wildman–Crippen MR) is 78.2 cm³/mol. The van der Waals surface area contributed by atoms with E-state index < -0.39 is 0 Å². The number of ether oxygens (including phenoxy) is 1. The predicted octanol–water partition coefficient (Wildman–Crippen LogP) is 1.76. The maximum atomic E-state index is 12.5. The largest absolute Gasteiger partial charge is 0.381 e. The van der Waals surface area contributed by atoms with Crippen LogP contribution >= 0.6 is 0 Å². The Morgan fingerprint density at radius 1 is 1.18 bits per heavy atom. The van der Waals surface area contributed by atoms with Crippen molar-refractivity contribution in [2.24, 2.45) is 11.8 Å². The van der Waals surface area contributed by atoms with Crippen LogP contribution in [0, 0.1) is 11.8 Å². The molecule has 0 N–H and O–H groups in total. The van der Waals surface area contributed by atoms with E-state index in [1.807, 2.05) is 4.90 Å². The first-order valence-corrected chi connectivity index (χ1v) is 8.48. The second-order valence-electron chi connectivity index (χ2n) is 6.85. The molecule has 1 aliphatic carbocycles. The fourth-order valence-electron chi connectivity index (χ4n) is 3.51. The molecule has 0 spiro atoms. The van der Waals surface area contributed by atoms with Crippen LogP contribution in [0.2, 0.25) is 0 Å². The van der Waals surface area contributed by atoms with E-state index in [4.69, 9.17) is 9.26 Å². The summed E-state index contributed by atoms with van der Waals surface area (Å²) >= 11 is 0. The number of carbonyl (C=O) groups excluding carboxylic acids is 1. The molecule has 6 heteroatoms. The third-order valence-corrected chi connectivity index (χ3v) is 5.05. The highest BCUT2D eigenvalue weighted by atomic mass is 16.5. The van der Waals surface area contributed by atoms with Gasteiger partial charge in [0.15, 0.2) is 5.82 Å². The maximum Gasteiger partial charge on any atom is 0.229 e.